The Morgan fingerprint density at radius 3 is 2.37 bits per heavy atom. The number of rotatable bonds is 7. The predicted octanol–water partition coefficient (Wildman–Crippen LogP) is 3.89. The summed E-state index contributed by atoms with van der Waals surface area (Å²) in [5.74, 6) is -0.984. The van der Waals surface area contributed by atoms with E-state index in [-0.39, 0.29) is 23.4 Å². The number of amides is 2. The average Bonchev–Trinajstić information content (AvgIpc) is 3.07. The van der Waals surface area contributed by atoms with Crippen molar-refractivity contribution in [2.45, 2.75) is 6.92 Å². The van der Waals surface area contributed by atoms with E-state index in [1.807, 2.05) is 18.2 Å². The van der Waals surface area contributed by atoms with Gasteiger partial charge in [-0.25, -0.2) is 9.07 Å². The van der Waals surface area contributed by atoms with Crippen molar-refractivity contribution in [2.24, 2.45) is 7.05 Å². The van der Waals surface area contributed by atoms with Crippen molar-refractivity contribution >= 4 is 23.2 Å². The van der Waals surface area contributed by atoms with Crippen LogP contribution < -0.4 is 20.9 Å². The van der Waals surface area contributed by atoms with Gasteiger partial charge in [0.05, 0.1) is 11.4 Å². The molecule has 2 amide bonds. The molecule has 8 nitrogen and oxygen atoms in total. The van der Waals surface area contributed by atoms with E-state index in [4.69, 9.17) is 4.74 Å². The quantitative estimate of drug-likeness (QED) is 0.425. The summed E-state index contributed by atoms with van der Waals surface area (Å²) >= 11 is 0. The summed E-state index contributed by atoms with van der Waals surface area (Å²) in [7, 11) is 1.74. The minimum Gasteiger partial charge on any atom is -0.484 e. The summed E-state index contributed by atoms with van der Waals surface area (Å²) in [5, 5.41) is 5.35. The fraction of sp³-hybridized carbons (Fsp3) is 0.115. The predicted molar refractivity (Wildman–Crippen MR) is 131 cm³/mol. The molecule has 0 radical (unpaired) electrons. The van der Waals surface area contributed by atoms with Crippen molar-refractivity contribution in [1.82, 2.24) is 9.36 Å². The molecular weight excluding hydrogens is 451 g/mol. The van der Waals surface area contributed by atoms with Gasteiger partial charge < -0.3 is 15.4 Å². The number of carbonyl (C=O) groups is 2. The molecule has 0 saturated heterocycles. The van der Waals surface area contributed by atoms with Crippen LogP contribution in [-0.4, -0.2) is 27.8 Å². The number of aromatic nitrogens is 2. The first-order valence-electron chi connectivity index (χ1n) is 10.8. The fourth-order valence-electron chi connectivity index (χ4n) is 3.51. The molecular formula is C26H23FN4O4. The van der Waals surface area contributed by atoms with Crippen molar-refractivity contribution in [3.63, 3.8) is 0 Å². The van der Waals surface area contributed by atoms with Gasteiger partial charge in [0, 0.05) is 18.3 Å². The standard InChI is InChI=1S/C26H23FN4O4/c1-17-24(26(34)31(30(17)2)21-9-4-3-5-10-21)29-25(33)18-7-6-8-20(15-18)28-23(32)16-35-22-13-11-19(27)12-14-22/h3-15H,16H2,1-2H3,(H,28,32)(H,29,33). The molecule has 9 heteroatoms. The van der Waals surface area contributed by atoms with Gasteiger partial charge in [-0.1, -0.05) is 24.3 Å². The Morgan fingerprint density at radius 2 is 1.66 bits per heavy atom. The number of nitrogens with zero attached hydrogens (tertiary/aromatic N) is 2. The summed E-state index contributed by atoms with van der Waals surface area (Å²) in [6.07, 6.45) is 0. The summed E-state index contributed by atoms with van der Waals surface area (Å²) in [4.78, 5) is 38.2. The largest absolute Gasteiger partial charge is 0.484 e. The van der Waals surface area contributed by atoms with Gasteiger partial charge in [-0.2, -0.15) is 0 Å². The Hall–Kier alpha value is -4.66. The van der Waals surface area contributed by atoms with Crippen molar-refractivity contribution in [1.29, 1.82) is 0 Å². The molecule has 0 aliphatic heterocycles. The van der Waals surface area contributed by atoms with Gasteiger partial charge in [0.2, 0.25) is 0 Å². The van der Waals surface area contributed by atoms with E-state index in [1.165, 1.54) is 35.0 Å². The Morgan fingerprint density at radius 1 is 0.943 bits per heavy atom. The van der Waals surface area contributed by atoms with Crippen molar-refractivity contribution in [2.75, 3.05) is 17.2 Å². The third-order valence-corrected chi connectivity index (χ3v) is 5.38. The second-order valence-electron chi connectivity index (χ2n) is 7.76. The lowest BCUT2D eigenvalue weighted by Crippen LogP contribution is -2.23. The highest BCUT2D eigenvalue weighted by atomic mass is 19.1. The van der Waals surface area contributed by atoms with Gasteiger partial charge in [0.15, 0.2) is 6.61 Å². The number of hydrogen-bond donors (Lipinski definition) is 2. The van der Waals surface area contributed by atoms with Crippen LogP contribution in [0.2, 0.25) is 0 Å². The third-order valence-electron chi connectivity index (χ3n) is 5.38. The summed E-state index contributed by atoms with van der Waals surface area (Å²) in [5.41, 5.74) is 1.73. The number of halogens is 1. The lowest BCUT2D eigenvalue weighted by molar-refractivity contribution is -0.118. The molecule has 0 atom stereocenters. The Kier molecular flexibility index (Phi) is 6.77. The van der Waals surface area contributed by atoms with Crippen molar-refractivity contribution < 1.29 is 18.7 Å². The van der Waals surface area contributed by atoms with Crippen LogP contribution >= 0.6 is 0 Å². The van der Waals surface area contributed by atoms with Gasteiger partial charge in [-0.3, -0.25) is 19.1 Å². The lowest BCUT2D eigenvalue weighted by Gasteiger charge is -2.09. The van der Waals surface area contributed by atoms with E-state index in [2.05, 4.69) is 10.6 Å². The number of para-hydroxylation sites is 1. The molecule has 0 aliphatic rings. The van der Waals surface area contributed by atoms with Gasteiger partial charge in [0.1, 0.15) is 17.3 Å². The molecule has 0 bridgehead atoms. The number of carbonyl (C=O) groups excluding carboxylic acids is 2. The smallest absolute Gasteiger partial charge is 0.295 e. The number of nitrogens with one attached hydrogen (secondary N) is 2. The highest BCUT2D eigenvalue weighted by Crippen LogP contribution is 2.17. The van der Waals surface area contributed by atoms with Crippen LogP contribution in [0.3, 0.4) is 0 Å². The molecule has 2 N–H and O–H groups in total. The zero-order valence-electron chi connectivity index (χ0n) is 19.1. The maximum Gasteiger partial charge on any atom is 0.295 e. The summed E-state index contributed by atoms with van der Waals surface area (Å²) in [6, 6.07) is 20.7. The zero-order valence-corrected chi connectivity index (χ0v) is 19.1. The first-order chi connectivity index (χ1) is 16.8. The molecule has 4 aromatic rings. The lowest BCUT2D eigenvalue weighted by atomic mass is 10.2. The van der Waals surface area contributed by atoms with Crippen molar-refractivity contribution in [3.8, 4) is 11.4 Å². The molecule has 3 aromatic carbocycles. The maximum absolute atomic E-state index is 13.0. The molecule has 0 fully saturated rings. The third kappa shape index (κ3) is 5.30. The van der Waals surface area contributed by atoms with Crippen LogP contribution in [0.15, 0.2) is 83.7 Å². The molecule has 1 aromatic heterocycles. The molecule has 0 aliphatic carbocycles. The highest BCUT2D eigenvalue weighted by molar-refractivity contribution is 6.05. The Bertz CT molecular complexity index is 1430. The van der Waals surface area contributed by atoms with Gasteiger partial charge >= 0.3 is 0 Å². The number of ether oxygens (including phenoxy) is 1. The number of benzene rings is 3. The number of hydrogen-bond acceptors (Lipinski definition) is 4. The summed E-state index contributed by atoms with van der Waals surface area (Å²) < 4.78 is 21.4. The van der Waals surface area contributed by atoms with Crippen LogP contribution in [-0.2, 0) is 11.8 Å². The van der Waals surface area contributed by atoms with E-state index in [1.54, 1.807) is 49.0 Å². The maximum atomic E-state index is 13.0. The average molecular weight is 474 g/mol. The highest BCUT2D eigenvalue weighted by Gasteiger charge is 2.19. The first-order valence-corrected chi connectivity index (χ1v) is 10.8. The van der Waals surface area contributed by atoms with Crippen LogP contribution in [0.1, 0.15) is 16.1 Å². The minimum atomic E-state index is -0.491. The molecule has 0 unspecified atom stereocenters. The monoisotopic (exact) mass is 474 g/mol. The first kappa shape index (κ1) is 23.5. The van der Waals surface area contributed by atoms with Crippen LogP contribution in [0, 0.1) is 12.7 Å². The van der Waals surface area contributed by atoms with E-state index >= 15 is 0 Å². The van der Waals surface area contributed by atoms with Crippen LogP contribution in [0.4, 0.5) is 15.8 Å². The van der Waals surface area contributed by atoms with Gasteiger partial charge in [0.25, 0.3) is 17.4 Å². The molecule has 0 saturated carbocycles. The van der Waals surface area contributed by atoms with Gasteiger partial charge in [-0.05, 0) is 61.5 Å². The minimum absolute atomic E-state index is 0.170. The number of anilines is 2. The summed E-state index contributed by atoms with van der Waals surface area (Å²) in [6.45, 7) is 1.46. The van der Waals surface area contributed by atoms with Gasteiger partial charge in [-0.15, -0.1) is 0 Å². The molecule has 1 heterocycles. The van der Waals surface area contributed by atoms with E-state index in [0.717, 1.165) is 0 Å². The second kappa shape index (κ2) is 10.1. The van der Waals surface area contributed by atoms with E-state index in [0.29, 0.717) is 22.8 Å². The van der Waals surface area contributed by atoms with Crippen LogP contribution in [0.25, 0.3) is 5.69 Å². The van der Waals surface area contributed by atoms with Crippen LogP contribution in [0.5, 0.6) is 5.75 Å². The zero-order chi connectivity index (χ0) is 24.9. The van der Waals surface area contributed by atoms with E-state index in [9.17, 15) is 18.8 Å². The SMILES string of the molecule is Cc1c(NC(=O)c2cccc(NC(=O)COc3ccc(F)cc3)c2)c(=O)n(-c2ccccc2)n1C. The second-order valence-corrected chi connectivity index (χ2v) is 7.76. The molecule has 178 valence electrons. The molecule has 0 spiro atoms. The fourth-order valence-corrected chi connectivity index (χ4v) is 3.51. The Labute approximate surface area is 200 Å². The topological polar surface area (TPSA) is 94.4 Å². The molecule has 4 rings (SSSR count). The normalized spacial score (nSPS) is 10.6. The van der Waals surface area contributed by atoms with Crippen molar-refractivity contribution in [3.05, 3.63) is 106 Å². The van der Waals surface area contributed by atoms with E-state index < -0.39 is 17.6 Å². The Balaban J connectivity index is 1.45. The molecule has 35 heavy (non-hydrogen) atoms.